The third-order valence-corrected chi connectivity index (χ3v) is 5.51. The van der Waals surface area contributed by atoms with Gasteiger partial charge in [-0.1, -0.05) is 23.4 Å². The summed E-state index contributed by atoms with van der Waals surface area (Å²) >= 11 is 6.14. The van der Waals surface area contributed by atoms with Crippen LogP contribution in [0.5, 0.6) is 5.75 Å². The van der Waals surface area contributed by atoms with E-state index in [1.165, 1.54) is 54.5 Å². The van der Waals surface area contributed by atoms with Gasteiger partial charge in [0.1, 0.15) is 5.75 Å². The van der Waals surface area contributed by atoms with Gasteiger partial charge in [0.05, 0.1) is 50.3 Å². The Bertz CT molecular complexity index is 1100. The molecule has 10 heteroatoms. The Labute approximate surface area is 189 Å². The summed E-state index contributed by atoms with van der Waals surface area (Å²) in [6.45, 7) is 0.771. The van der Waals surface area contributed by atoms with E-state index in [9.17, 15) is 24.8 Å². The van der Waals surface area contributed by atoms with Gasteiger partial charge in [-0.15, -0.1) is 0 Å². The van der Waals surface area contributed by atoms with E-state index in [1.807, 2.05) is 14.1 Å². The van der Waals surface area contributed by atoms with Crippen molar-refractivity contribution in [2.24, 2.45) is 0 Å². The van der Waals surface area contributed by atoms with E-state index in [0.29, 0.717) is 17.9 Å². The molecule has 0 spiro atoms. The molecule has 1 atom stereocenters. The van der Waals surface area contributed by atoms with Gasteiger partial charge < -0.3 is 19.6 Å². The topological polar surface area (TPSA) is 117 Å². The van der Waals surface area contributed by atoms with E-state index in [0.717, 1.165) is 4.90 Å². The summed E-state index contributed by atoms with van der Waals surface area (Å²) in [7, 11) is 5.24. The SMILES string of the molecule is COc1ccc(C([O-])=C2C(=O)C(=O)N(CC[NH+](C)C)C2c2ccc([N+](=O)[O-])cc2)cc1Cl. The number of amides is 1. The number of quaternary nitrogens is 1. The molecule has 1 aliphatic heterocycles. The summed E-state index contributed by atoms with van der Waals surface area (Å²) in [5, 5.41) is 24.6. The highest BCUT2D eigenvalue weighted by Crippen LogP contribution is 2.39. The fourth-order valence-electron chi connectivity index (χ4n) is 3.53. The molecule has 3 rings (SSSR count). The van der Waals surface area contributed by atoms with Gasteiger partial charge in [-0.2, -0.15) is 0 Å². The number of non-ortho nitro benzene ring substituents is 1. The van der Waals surface area contributed by atoms with E-state index in [1.54, 1.807) is 0 Å². The molecular formula is C22H22ClN3O6. The number of nitrogens with zero attached hydrogens (tertiary/aromatic N) is 2. The molecule has 1 saturated heterocycles. The van der Waals surface area contributed by atoms with Crippen LogP contribution in [0.2, 0.25) is 5.02 Å². The highest BCUT2D eigenvalue weighted by atomic mass is 35.5. The van der Waals surface area contributed by atoms with Crippen LogP contribution in [-0.4, -0.2) is 55.8 Å². The lowest BCUT2D eigenvalue weighted by Gasteiger charge is -2.27. The fraction of sp³-hybridized carbons (Fsp3) is 0.273. The Morgan fingerprint density at radius 1 is 1.19 bits per heavy atom. The molecule has 2 aromatic carbocycles. The molecule has 1 heterocycles. The summed E-state index contributed by atoms with van der Waals surface area (Å²) in [4.78, 5) is 38.6. The molecule has 32 heavy (non-hydrogen) atoms. The zero-order valence-corrected chi connectivity index (χ0v) is 18.5. The number of methoxy groups -OCH3 is 1. The van der Waals surface area contributed by atoms with Gasteiger partial charge in [-0.3, -0.25) is 19.7 Å². The number of likely N-dealkylation sites (N-methyl/N-ethyl adjacent to an activating group) is 1. The van der Waals surface area contributed by atoms with Crippen molar-refractivity contribution in [1.29, 1.82) is 0 Å². The number of ketones is 1. The predicted molar refractivity (Wildman–Crippen MR) is 115 cm³/mol. The number of hydrogen-bond acceptors (Lipinski definition) is 6. The second kappa shape index (κ2) is 9.37. The number of ether oxygens (including phenoxy) is 1. The predicted octanol–water partition coefficient (Wildman–Crippen LogP) is 0.625. The monoisotopic (exact) mass is 459 g/mol. The van der Waals surface area contributed by atoms with Crippen molar-refractivity contribution >= 4 is 34.7 Å². The summed E-state index contributed by atoms with van der Waals surface area (Å²) in [6, 6.07) is 8.88. The van der Waals surface area contributed by atoms with Gasteiger partial charge in [0.15, 0.2) is 0 Å². The van der Waals surface area contributed by atoms with Crippen LogP contribution in [-0.2, 0) is 9.59 Å². The normalized spacial score (nSPS) is 17.8. The van der Waals surface area contributed by atoms with Crippen LogP contribution in [0.4, 0.5) is 5.69 Å². The lowest BCUT2D eigenvalue weighted by atomic mass is 9.95. The van der Waals surface area contributed by atoms with Crippen LogP contribution in [0.1, 0.15) is 17.2 Å². The van der Waals surface area contributed by atoms with E-state index < -0.39 is 28.4 Å². The summed E-state index contributed by atoms with van der Waals surface area (Å²) in [5.41, 5.74) is 0.229. The van der Waals surface area contributed by atoms with Gasteiger partial charge >= 0.3 is 0 Å². The quantitative estimate of drug-likeness (QED) is 0.213. The van der Waals surface area contributed by atoms with Crippen molar-refractivity contribution in [2.75, 3.05) is 34.3 Å². The van der Waals surface area contributed by atoms with Crippen molar-refractivity contribution < 1.29 is 29.3 Å². The minimum absolute atomic E-state index is 0.136. The van der Waals surface area contributed by atoms with Crippen molar-refractivity contribution in [1.82, 2.24) is 4.90 Å². The molecule has 1 fully saturated rings. The second-order valence-corrected chi connectivity index (χ2v) is 8.04. The van der Waals surface area contributed by atoms with Crippen LogP contribution < -0.4 is 14.7 Å². The Kier molecular flexibility index (Phi) is 6.81. The zero-order valence-electron chi connectivity index (χ0n) is 17.8. The highest BCUT2D eigenvalue weighted by molar-refractivity contribution is 6.46. The third kappa shape index (κ3) is 4.44. The van der Waals surface area contributed by atoms with Crippen molar-refractivity contribution in [3.63, 3.8) is 0 Å². The first-order valence-electron chi connectivity index (χ1n) is 9.79. The zero-order chi connectivity index (χ0) is 23.6. The van der Waals surface area contributed by atoms with E-state index in [-0.39, 0.29) is 28.4 Å². The molecule has 1 amide bonds. The smallest absolute Gasteiger partial charge is 0.295 e. The lowest BCUT2D eigenvalue weighted by molar-refractivity contribution is -0.857. The van der Waals surface area contributed by atoms with Crippen LogP contribution in [0.25, 0.3) is 5.76 Å². The molecular weight excluding hydrogens is 438 g/mol. The van der Waals surface area contributed by atoms with Crippen LogP contribution in [0, 0.1) is 10.1 Å². The highest BCUT2D eigenvalue weighted by Gasteiger charge is 2.44. The maximum atomic E-state index is 13.3. The molecule has 1 N–H and O–H groups in total. The molecule has 1 aliphatic rings. The van der Waals surface area contributed by atoms with E-state index in [2.05, 4.69) is 0 Å². The largest absolute Gasteiger partial charge is 0.872 e. The van der Waals surface area contributed by atoms with Gasteiger partial charge in [0.2, 0.25) is 5.78 Å². The molecule has 0 radical (unpaired) electrons. The molecule has 0 aliphatic carbocycles. The first-order valence-corrected chi connectivity index (χ1v) is 10.2. The number of likely N-dealkylation sites (tertiary alicyclic amines) is 1. The molecule has 9 nitrogen and oxygen atoms in total. The minimum Gasteiger partial charge on any atom is -0.872 e. The Hall–Kier alpha value is -3.43. The first kappa shape index (κ1) is 23.2. The molecule has 0 bridgehead atoms. The minimum atomic E-state index is -0.955. The lowest BCUT2D eigenvalue weighted by Crippen LogP contribution is -3.06. The average Bonchev–Trinajstić information content (AvgIpc) is 3.01. The maximum absolute atomic E-state index is 13.3. The van der Waals surface area contributed by atoms with Crippen LogP contribution in [0.15, 0.2) is 48.0 Å². The van der Waals surface area contributed by atoms with Gasteiger partial charge in [0, 0.05) is 17.7 Å². The Morgan fingerprint density at radius 2 is 1.84 bits per heavy atom. The number of hydrogen-bond donors (Lipinski definition) is 1. The number of carbonyl (C=O) groups is 2. The number of nitro benzene ring substituents is 1. The average molecular weight is 460 g/mol. The number of benzene rings is 2. The van der Waals surface area contributed by atoms with E-state index in [4.69, 9.17) is 16.3 Å². The van der Waals surface area contributed by atoms with Crippen molar-refractivity contribution in [3.8, 4) is 5.75 Å². The summed E-state index contributed by atoms with van der Waals surface area (Å²) in [5.74, 6) is -1.93. The molecule has 168 valence electrons. The van der Waals surface area contributed by atoms with Crippen LogP contribution >= 0.6 is 11.6 Å². The molecule has 2 aromatic rings. The molecule has 0 saturated carbocycles. The van der Waals surface area contributed by atoms with Gasteiger partial charge in [-0.25, -0.2) is 0 Å². The fourth-order valence-corrected chi connectivity index (χ4v) is 3.79. The Balaban J connectivity index is 2.15. The molecule has 0 aromatic heterocycles. The van der Waals surface area contributed by atoms with Crippen LogP contribution in [0.3, 0.4) is 0 Å². The maximum Gasteiger partial charge on any atom is 0.295 e. The third-order valence-electron chi connectivity index (χ3n) is 5.22. The number of nitrogens with one attached hydrogen (secondary N) is 1. The van der Waals surface area contributed by atoms with E-state index >= 15 is 0 Å². The summed E-state index contributed by atoms with van der Waals surface area (Å²) in [6.07, 6.45) is 0. The van der Waals surface area contributed by atoms with Crippen molar-refractivity contribution in [3.05, 3.63) is 74.3 Å². The van der Waals surface area contributed by atoms with Gasteiger partial charge in [-0.05, 0) is 35.4 Å². The first-order chi connectivity index (χ1) is 15.1. The number of Topliss-reactive ketones (excluding diaryl/α,β-unsaturated/α-hetero) is 1. The number of carbonyl (C=O) groups excluding carboxylic acids is 2. The second-order valence-electron chi connectivity index (χ2n) is 7.63. The van der Waals surface area contributed by atoms with Gasteiger partial charge in [0.25, 0.3) is 11.6 Å². The summed E-state index contributed by atoms with van der Waals surface area (Å²) < 4.78 is 5.10. The van der Waals surface area contributed by atoms with Crippen molar-refractivity contribution in [2.45, 2.75) is 6.04 Å². The number of rotatable bonds is 7. The number of halogens is 1. The Morgan fingerprint density at radius 3 is 2.38 bits per heavy atom. The molecule has 1 unspecified atom stereocenters. The standard InChI is InChI=1S/C22H22ClN3O6/c1-24(2)10-11-25-19(13-4-7-15(8-5-13)26(30)31)18(21(28)22(25)29)20(27)14-6-9-17(32-3)16(23)12-14/h4-9,12,19,27H,10-11H2,1-3H3. The number of nitro groups is 1.